The fourth-order valence-electron chi connectivity index (χ4n) is 5.35. The second kappa shape index (κ2) is 11.2. The molecule has 7 nitrogen and oxygen atoms in total. The van der Waals surface area contributed by atoms with Crippen molar-refractivity contribution in [3.05, 3.63) is 65.5 Å². The summed E-state index contributed by atoms with van der Waals surface area (Å²) in [7, 11) is 0. The van der Waals surface area contributed by atoms with E-state index in [1.165, 1.54) is 24.1 Å². The Morgan fingerprint density at radius 3 is 2.64 bits per heavy atom. The highest BCUT2D eigenvalue weighted by atomic mass is 16.5. The standard InChI is InChI=1S/C29H37N5O2/c1-21-5-3-7-25(17-21)28-31-27(36-32-28)20-33-15-12-24(13-16-33)29(35)30-18-23-8-10-26(11-9-23)34-14-4-6-22(2)19-34/h3,5,7-11,17,22,24H,4,6,12-16,18-20H2,1-2H3,(H,30,35). The van der Waals surface area contributed by atoms with Gasteiger partial charge < -0.3 is 14.7 Å². The van der Waals surface area contributed by atoms with Crippen molar-refractivity contribution >= 4 is 11.6 Å². The van der Waals surface area contributed by atoms with E-state index >= 15 is 0 Å². The zero-order valence-corrected chi connectivity index (χ0v) is 21.4. The lowest BCUT2D eigenvalue weighted by Gasteiger charge is -2.33. The number of aromatic nitrogens is 2. The molecular weight excluding hydrogens is 450 g/mol. The van der Waals surface area contributed by atoms with Gasteiger partial charge in [-0.3, -0.25) is 9.69 Å². The Balaban J connectivity index is 1.06. The molecule has 1 amide bonds. The highest BCUT2D eigenvalue weighted by Crippen LogP contribution is 2.24. The molecule has 1 atom stereocenters. The molecule has 36 heavy (non-hydrogen) atoms. The maximum Gasteiger partial charge on any atom is 0.241 e. The third-order valence-electron chi connectivity index (χ3n) is 7.49. The van der Waals surface area contributed by atoms with Gasteiger partial charge in [-0.15, -0.1) is 0 Å². The lowest BCUT2D eigenvalue weighted by atomic mass is 9.96. The summed E-state index contributed by atoms with van der Waals surface area (Å²) in [6, 6.07) is 16.8. The zero-order chi connectivity index (χ0) is 24.9. The molecule has 3 heterocycles. The lowest BCUT2D eigenvalue weighted by Crippen LogP contribution is -2.40. The molecule has 1 aromatic heterocycles. The molecule has 2 aliphatic rings. The van der Waals surface area contributed by atoms with Crippen LogP contribution in [0, 0.1) is 18.8 Å². The minimum absolute atomic E-state index is 0.0564. The normalized spacial score (nSPS) is 19.4. The number of nitrogens with one attached hydrogen (secondary N) is 1. The van der Waals surface area contributed by atoms with Gasteiger partial charge in [0.15, 0.2) is 0 Å². The number of benzene rings is 2. The summed E-state index contributed by atoms with van der Waals surface area (Å²) < 4.78 is 5.49. The molecule has 1 N–H and O–H groups in total. The molecule has 2 aliphatic heterocycles. The molecule has 0 aliphatic carbocycles. The van der Waals surface area contributed by atoms with E-state index in [1.54, 1.807) is 0 Å². The van der Waals surface area contributed by atoms with Crippen LogP contribution in [0.15, 0.2) is 53.1 Å². The minimum atomic E-state index is 0.0564. The molecule has 0 saturated carbocycles. The first kappa shape index (κ1) is 24.5. The number of carbonyl (C=O) groups excluding carboxylic acids is 1. The van der Waals surface area contributed by atoms with E-state index < -0.39 is 0 Å². The molecule has 2 saturated heterocycles. The predicted molar refractivity (Wildman–Crippen MR) is 141 cm³/mol. The van der Waals surface area contributed by atoms with E-state index in [-0.39, 0.29) is 11.8 Å². The second-order valence-electron chi connectivity index (χ2n) is 10.5. The first-order chi connectivity index (χ1) is 17.5. The van der Waals surface area contributed by atoms with Gasteiger partial charge in [-0.05, 0) is 75.4 Å². The first-order valence-corrected chi connectivity index (χ1v) is 13.3. The monoisotopic (exact) mass is 487 g/mol. The van der Waals surface area contributed by atoms with Crippen LogP contribution in [0.3, 0.4) is 0 Å². The molecule has 7 heteroatoms. The molecule has 3 aromatic rings. The van der Waals surface area contributed by atoms with Crippen LogP contribution in [0.5, 0.6) is 0 Å². The number of aryl methyl sites for hydroxylation is 1. The maximum absolute atomic E-state index is 12.8. The van der Waals surface area contributed by atoms with Crippen molar-refractivity contribution < 1.29 is 9.32 Å². The van der Waals surface area contributed by atoms with Crippen molar-refractivity contribution in [1.29, 1.82) is 0 Å². The number of piperidine rings is 2. The molecule has 0 spiro atoms. The van der Waals surface area contributed by atoms with Gasteiger partial charge in [0, 0.05) is 36.8 Å². The van der Waals surface area contributed by atoms with Crippen LogP contribution < -0.4 is 10.2 Å². The van der Waals surface area contributed by atoms with Crippen LogP contribution in [-0.4, -0.2) is 47.1 Å². The summed E-state index contributed by atoms with van der Waals surface area (Å²) in [5, 5.41) is 7.30. The van der Waals surface area contributed by atoms with Crippen molar-refractivity contribution in [3.8, 4) is 11.4 Å². The van der Waals surface area contributed by atoms with Crippen LogP contribution in [0.25, 0.3) is 11.4 Å². The summed E-state index contributed by atoms with van der Waals surface area (Å²) in [5.74, 6) is 2.22. The van der Waals surface area contributed by atoms with Crippen LogP contribution in [0.2, 0.25) is 0 Å². The highest BCUT2D eigenvalue weighted by molar-refractivity contribution is 5.78. The Morgan fingerprint density at radius 1 is 1.08 bits per heavy atom. The average molecular weight is 488 g/mol. The van der Waals surface area contributed by atoms with Gasteiger partial charge in [-0.2, -0.15) is 4.98 Å². The van der Waals surface area contributed by atoms with Gasteiger partial charge in [-0.25, -0.2) is 0 Å². The zero-order valence-electron chi connectivity index (χ0n) is 21.4. The minimum Gasteiger partial charge on any atom is -0.371 e. The Labute approximate surface area is 213 Å². The Kier molecular flexibility index (Phi) is 7.66. The molecule has 2 aromatic carbocycles. The van der Waals surface area contributed by atoms with Gasteiger partial charge in [0.1, 0.15) is 0 Å². The van der Waals surface area contributed by atoms with E-state index in [1.807, 2.05) is 12.1 Å². The van der Waals surface area contributed by atoms with Gasteiger partial charge in [0.2, 0.25) is 17.6 Å². The molecule has 2 fully saturated rings. The van der Waals surface area contributed by atoms with Crippen LogP contribution in [-0.2, 0) is 17.9 Å². The van der Waals surface area contributed by atoms with Crippen LogP contribution in [0.1, 0.15) is 49.6 Å². The van der Waals surface area contributed by atoms with E-state index in [4.69, 9.17) is 4.52 Å². The molecule has 0 radical (unpaired) electrons. The number of hydrogen-bond donors (Lipinski definition) is 1. The van der Waals surface area contributed by atoms with E-state index in [0.717, 1.165) is 56.1 Å². The van der Waals surface area contributed by atoms with Gasteiger partial charge >= 0.3 is 0 Å². The summed E-state index contributed by atoms with van der Waals surface area (Å²) >= 11 is 0. The molecule has 190 valence electrons. The highest BCUT2D eigenvalue weighted by Gasteiger charge is 2.26. The summed E-state index contributed by atoms with van der Waals surface area (Å²) in [5.41, 5.74) is 4.58. The average Bonchev–Trinajstić information content (AvgIpc) is 3.36. The topological polar surface area (TPSA) is 74.5 Å². The van der Waals surface area contributed by atoms with Crippen molar-refractivity contribution in [1.82, 2.24) is 20.4 Å². The number of likely N-dealkylation sites (tertiary alicyclic amines) is 1. The maximum atomic E-state index is 12.8. The summed E-state index contributed by atoms with van der Waals surface area (Å²) in [4.78, 5) is 22.1. The quantitative estimate of drug-likeness (QED) is 0.516. The van der Waals surface area contributed by atoms with E-state index in [0.29, 0.717) is 24.8 Å². The van der Waals surface area contributed by atoms with E-state index in [2.05, 4.69) is 75.5 Å². The number of rotatable bonds is 7. The molecule has 0 bridgehead atoms. The second-order valence-corrected chi connectivity index (χ2v) is 10.5. The Bertz CT molecular complexity index is 1150. The third-order valence-corrected chi connectivity index (χ3v) is 7.49. The van der Waals surface area contributed by atoms with Crippen LogP contribution in [0.4, 0.5) is 5.69 Å². The van der Waals surface area contributed by atoms with Crippen molar-refractivity contribution in [3.63, 3.8) is 0 Å². The number of amides is 1. The van der Waals surface area contributed by atoms with Crippen molar-refractivity contribution in [2.75, 3.05) is 31.1 Å². The Morgan fingerprint density at radius 2 is 1.89 bits per heavy atom. The Hall–Kier alpha value is -3.19. The fraction of sp³-hybridized carbons (Fsp3) is 0.483. The number of hydrogen-bond acceptors (Lipinski definition) is 6. The van der Waals surface area contributed by atoms with Crippen molar-refractivity contribution in [2.24, 2.45) is 11.8 Å². The van der Waals surface area contributed by atoms with Crippen molar-refractivity contribution in [2.45, 2.75) is 52.6 Å². The fourth-order valence-corrected chi connectivity index (χ4v) is 5.35. The summed E-state index contributed by atoms with van der Waals surface area (Å²) in [6.07, 6.45) is 4.28. The van der Waals surface area contributed by atoms with Gasteiger partial charge in [-0.1, -0.05) is 48.0 Å². The SMILES string of the molecule is Cc1cccc(-c2noc(CN3CCC(C(=O)NCc4ccc(N5CCCC(C)C5)cc4)CC3)n2)c1. The van der Waals surface area contributed by atoms with Gasteiger partial charge in [0.25, 0.3) is 0 Å². The number of carbonyl (C=O) groups is 1. The molecule has 5 rings (SSSR count). The first-order valence-electron chi connectivity index (χ1n) is 13.3. The summed E-state index contributed by atoms with van der Waals surface area (Å²) in [6.45, 7) is 9.56. The number of anilines is 1. The van der Waals surface area contributed by atoms with Crippen LogP contribution >= 0.6 is 0 Å². The molecular formula is C29H37N5O2. The third kappa shape index (κ3) is 6.13. The lowest BCUT2D eigenvalue weighted by molar-refractivity contribution is -0.126. The van der Waals surface area contributed by atoms with Gasteiger partial charge in [0.05, 0.1) is 6.54 Å². The predicted octanol–water partition coefficient (Wildman–Crippen LogP) is 4.81. The largest absolute Gasteiger partial charge is 0.371 e. The molecule has 1 unspecified atom stereocenters. The smallest absolute Gasteiger partial charge is 0.241 e. The van der Waals surface area contributed by atoms with E-state index in [9.17, 15) is 4.79 Å². The number of nitrogens with zero attached hydrogens (tertiary/aromatic N) is 4.